The van der Waals surface area contributed by atoms with Gasteiger partial charge in [-0.25, -0.2) is 0 Å². The van der Waals surface area contributed by atoms with Crippen LogP contribution in [0.1, 0.15) is 30.0 Å². The Morgan fingerprint density at radius 1 is 0.889 bits per heavy atom. The molecular weight excluding hydrogens is 286 g/mol. The lowest BCUT2D eigenvalue weighted by Gasteiger charge is -2.24. The summed E-state index contributed by atoms with van der Waals surface area (Å²) in [7, 11) is 2.02. The van der Waals surface area contributed by atoms with E-state index in [1.54, 1.807) is 0 Å². The van der Waals surface area contributed by atoms with Crippen molar-refractivity contribution < 1.29 is 0 Å². The van der Waals surface area contributed by atoms with E-state index in [4.69, 9.17) is 0 Å². The van der Waals surface area contributed by atoms with Crippen molar-refractivity contribution in [3.63, 3.8) is 0 Å². The van der Waals surface area contributed by atoms with Crippen molar-refractivity contribution in [1.82, 2.24) is 5.32 Å². The van der Waals surface area contributed by atoms with E-state index in [9.17, 15) is 0 Å². The van der Waals surface area contributed by atoms with E-state index in [2.05, 4.69) is 82.8 Å². The van der Waals surface area contributed by atoms with Gasteiger partial charge in [-0.05, 0) is 30.3 Å². The van der Waals surface area contributed by atoms with Gasteiger partial charge in [-0.3, -0.25) is 0 Å². The van der Waals surface area contributed by atoms with Crippen LogP contribution in [0.5, 0.6) is 0 Å². The van der Waals surface area contributed by atoms with Gasteiger partial charge in [0.05, 0.1) is 0 Å². The highest BCUT2D eigenvalue weighted by Gasteiger charge is 2.18. The predicted molar refractivity (Wildman–Crippen MR) is 80.8 cm³/mol. The third-order valence-electron chi connectivity index (χ3n) is 3.37. The second kappa shape index (κ2) is 6.17. The Balaban J connectivity index is 2.26. The summed E-state index contributed by atoms with van der Waals surface area (Å²) < 4.78 is 1.12. The molecule has 2 aromatic rings. The number of rotatable bonds is 4. The number of hydrogen-bond acceptors (Lipinski definition) is 1. The molecule has 0 amide bonds. The average molecular weight is 304 g/mol. The van der Waals surface area contributed by atoms with Gasteiger partial charge in [0.15, 0.2) is 0 Å². The molecule has 0 saturated carbocycles. The predicted octanol–water partition coefficient (Wildman–Crippen LogP) is 4.51. The first-order valence-corrected chi connectivity index (χ1v) is 6.99. The number of benzene rings is 2. The van der Waals surface area contributed by atoms with E-state index in [1.165, 1.54) is 11.1 Å². The molecule has 0 fully saturated rings. The van der Waals surface area contributed by atoms with Crippen LogP contribution in [0, 0.1) is 0 Å². The van der Waals surface area contributed by atoms with Gasteiger partial charge in [-0.15, -0.1) is 0 Å². The molecule has 18 heavy (non-hydrogen) atoms. The maximum Gasteiger partial charge on any atom is 0.0384 e. The number of nitrogens with one attached hydrogen (secondary N) is 1. The molecule has 0 aliphatic carbocycles. The summed E-state index contributed by atoms with van der Waals surface area (Å²) in [6, 6.07) is 19.5. The minimum atomic E-state index is 0.334. The fourth-order valence-electron chi connectivity index (χ4n) is 2.32. The third-order valence-corrected chi connectivity index (χ3v) is 3.89. The normalized spacial score (nSPS) is 14.2. The van der Waals surface area contributed by atoms with E-state index in [0.717, 1.165) is 4.47 Å². The first-order valence-electron chi connectivity index (χ1n) is 6.20. The van der Waals surface area contributed by atoms with Gasteiger partial charge in [-0.2, -0.15) is 0 Å². The van der Waals surface area contributed by atoms with Crippen molar-refractivity contribution >= 4 is 15.9 Å². The maximum absolute atomic E-state index is 3.48. The van der Waals surface area contributed by atoms with Crippen LogP contribution >= 0.6 is 15.9 Å². The zero-order valence-corrected chi connectivity index (χ0v) is 12.3. The molecular formula is C16H18BrN. The van der Waals surface area contributed by atoms with Gasteiger partial charge >= 0.3 is 0 Å². The lowest BCUT2D eigenvalue weighted by atomic mass is 9.89. The molecule has 0 bridgehead atoms. The van der Waals surface area contributed by atoms with Crippen LogP contribution in [0.15, 0.2) is 59.1 Å². The summed E-state index contributed by atoms with van der Waals surface area (Å²) >= 11 is 3.48. The molecule has 2 unspecified atom stereocenters. The van der Waals surface area contributed by atoms with Crippen LogP contribution in [0.3, 0.4) is 0 Å². The largest absolute Gasteiger partial charge is 0.312 e. The van der Waals surface area contributed by atoms with Gasteiger partial charge in [0.1, 0.15) is 0 Å². The van der Waals surface area contributed by atoms with E-state index in [1.807, 2.05) is 7.05 Å². The quantitative estimate of drug-likeness (QED) is 0.876. The zero-order chi connectivity index (χ0) is 13.0. The first kappa shape index (κ1) is 13.3. The summed E-state index contributed by atoms with van der Waals surface area (Å²) in [4.78, 5) is 0. The standard InChI is InChI=1S/C16H18BrN/c1-12(13-6-4-3-5-7-13)16(18-2)14-8-10-15(17)11-9-14/h3-12,16,18H,1-2H3. The highest BCUT2D eigenvalue weighted by molar-refractivity contribution is 9.10. The lowest BCUT2D eigenvalue weighted by Crippen LogP contribution is -2.22. The van der Waals surface area contributed by atoms with Gasteiger partial charge in [0.25, 0.3) is 0 Å². The van der Waals surface area contributed by atoms with Crippen LogP contribution in [0.4, 0.5) is 0 Å². The summed E-state index contributed by atoms with van der Waals surface area (Å²) in [6.07, 6.45) is 0. The molecule has 0 spiro atoms. The van der Waals surface area contributed by atoms with E-state index >= 15 is 0 Å². The molecule has 0 radical (unpaired) electrons. The zero-order valence-electron chi connectivity index (χ0n) is 10.7. The topological polar surface area (TPSA) is 12.0 Å². The van der Waals surface area contributed by atoms with Crippen LogP contribution in [-0.2, 0) is 0 Å². The summed E-state index contributed by atoms with van der Waals surface area (Å²) in [6.45, 7) is 2.26. The van der Waals surface area contributed by atoms with E-state index in [-0.39, 0.29) is 0 Å². The van der Waals surface area contributed by atoms with E-state index in [0.29, 0.717) is 12.0 Å². The summed E-state index contributed by atoms with van der Waals surface area (Å²) in [5, 5.41) is 3.42. The molecule has 1 N–H and O–H groups in total. The second-order valence-corrected chi connectivity index (χ2v) is 5.43. The molecule has 0 aromatic heterocycles. The van der Waals surface area contributed by atoms with Crippen molar-refractivity contribution in [2.24, 2.45) is 0 Å². The van der Waals surface area contributed by atoms with Crippen molar-refractivity contribution in [2.45, 2.75) is 18.9 Å². The van der Waals surface area contributed by atoms with Crippen molar-refractivity contribution in [3.05, 3.63) is 70.2 Å². The molecule has 2 heteroatoms. The van der Waals surface area contributed by atoms with E-state index < -0.39 is 0 Å². The van der Waals surface area contributed by atoms with Gasteiger partial charge < -0.3 is 5.32 Å². The summed E-state index contributed by atoms with van der Waals surface area (Å²) in [5.41, 5.74) is 2.68. The fraction of sp³-hybridized carbons (Fsp3) is 0.250. The molecule has 2 atom stereocenters. The van der Waals surface area contributed by atoms with Gasteiger partial charge in [-0.1, -0.05) is 65.3 Å². The Hall–Kier alpha value is -1.12. The first-order chi connectivity index (χ1) is 8.72. The lowest BCUT2D eigenvalue weighted by molar-refractivity contribution is 0.508. The smallest absolute Gasteiger partial charge is 0.0384 e. The Bertz CT molecular complexity index is 478. The molecule has 0 aliphatic heterocycles. The van der Waals surface area contributed by atoms with Crippen LogP contribution in [-0.4, -0.2) is 7.05 Å². The minimum absolute atomic E-state index is 0.334. The minimum Gasteiger partial charge on any atom is -0.312 e. The molecule has 94 valence electrons. The second-order valence-electron chi connectivity index (χ2n) is 4.52. The average Bonchev–Trinajstić information content (AvgIpc) is 2.42. The monoisotopic (exact) mass is 303 g/mol. The molecule has 1 nitrogen and oxygen atoms in total. The van der Waals surface area contributed by atoms with Crippen molar-refractivity contribution in [1.29, 1.82) is 0 Å². The Labute approximate surface area is 117 Å². The SMILES string of the molecule is CNC(c1ccc(Br)cc1)C(C)c1ccccc1. The molecule has 0 heterocycles. The van der Waals surface area contributed by atoms with Crippen LogP contribution in [0.25, 0.3) is 0 Å². The number of hydrogen-bond donors (Lipinski definition) is 1. The number of halogens is 1. The van der Waals surface area contributed by atoms with Crippen LogP contribution < -0.4 is 5.32 Å². The molecule has 0 aliphatic rings. The molecule has 2 aromatic carbocycles. The third kappa shape index (κ3) is 3.01. The fourth-order valence-corrected chi connectivity index (χ4v) is 2.59. The Morgan fingerprint density at radius 3 is 2.06 bits per heavy atom. The number of likely N-dealkylation sites (N-methyl/N-ethyl adjacent to an activating group) is 1. The van der Waals surface area contributed by atoms with Crippen molar-refractivity contribution in [3.8, 4) is 0 Å². The Morgan fingerprint density at radius 2 is 1.50 bits per heavy atom. The molecule has 0 saturated heterocycles. The van der Waals surface area contributed by atoms with Crippen molar-refractivity contribution in [2.75, 3.05) is 7.05 Å². The highest BCUT2D eigenvalue weighted by atomic mass is 79.9. The highest BCUT2D eigenvalue weighted by Crippen LogP contribution is 2.30. The maximum atomic E-state index is 3.48. The van der Waals surface area contributed by atoms with Crippen LogP contribution in [0.2, 0.25) is 0 Å². The van der Waals surface area contributed by atoms with Gasteiger partial charge in [0, 0.05) is 16.4 Å². The Kier molecular flexibility index (Phi) is 4.56. The molecule has 2 rings (SSSR count). The van der Waals surface area contributed by atoms with Gasteiger partial charge in [0.2, 0.25) is 0 Å². The summed E-state index contributed by atoms with van der Waals surface area (Å²) in [5.74, 6) is 0.442.